The largest absolute Gasteiger partial charge is 0.479 e. The van der Waals surface area contributed by atoms with Crippen LogP contribution >= 0.6 is 15.9 Å². The minimum Gasteiger partial charge on any atom is -0.479 e. The quantitative estimate of drug-likeness (QED) is 0.872. The maximum absolute atomic E-state index is 10.9. The van der Waals surface area contributed by atoms with Crippen molar-refractivity contribution in [1.82, 2.24) is 0 Å². The Bertz CT molecular complexity index is 443. The number of hydrogen-bond donors (Lipinski definition) is 2. The van der Waals surface area contributed by atoms with Crippen molar-refractivity contribution in [2.45, 2.75) is 19.4 Å². The second-order valence-corrected chi connectivity index (χ2v) is 4.15. The third-order valence-corrected chi connectivity index (χ3v) is 2.78. The van der Waals surface area contributed by atoms with Gasteiger partial charge in [0.1, 0.15) is 5.75 Å². The first-order valence-corrected chi connectivity index (χ1v) is 5.67. The molecule has 17 heavy (non-hydrogen) atoms. The maximum Gasteiger partial charge on any atom is 0.344 e. The number of aliphatic carboxylic acids is 1. The molecule has 0 radical (unpaired) electrons. The summed E-state index contributed by atoms with van der Waals surface area (Å²) < 4.78 is 5.60. The van der Waals surface area contributed by atoms with Crippen LogP contribution in [0.1, 0.15) is 23.7 Å². The molecule has 92 valence electrons. The van der Waals surface area contributed by atoms with Crippen LogP contribution in [0.15, 0.2) is 22.7 Å². The van der Waals surface area contributed by atoms with Crippen LogP contribution in [0.5, 0.6) is 5.75 Å². The second-order valence-electron chi connectivity index (χ2n) is 3.30. The summed E-state index contributed by atoms with van der Waals surface area (Å²) in [7, 11) is 0. The summed E-state index contributed by atoms with van der Waals surface area (Å²) in [5.74, 6) is -1.96. The molecule has 6 heteroatoms. The van der Waals surface area contributed by atoms with Gasteiger partial charge < -0.3 is 14.9 Å². The lowest BCUT2D eigenvalue weighted by Crippen LogP contribution is -2.26. The number of aromatic carboxylic acids is 1. The summed E-state index contributed by atoms with van der Waals surface area (Å²) in [5, 5.41) is 17.7. The molecule has 5 nitrogen and oxygen atoms in total. The van der Waals surface area contributed by atoms with Gasteiger partial charge in [0, 0.05) is 4.47 Å². The summed E-state index contributed by atoms with van der Waals surface area (Å²) in [6.45, 7) is 1.68. The number of carboxylic acids is 2. The van der Waals surface area contributed by atoms with E-state index < -0.39 is 18.0 Å². The average Bonchev–Trinajstić information content (AvgIpc) is 2.27. The highest BCUT2D eigenvalue weighted by atomic mass is 79.9. The van der Waals surface area contributed by atoms with E-state index in [1.165, 1.54) is 18.2 Å². The molecule has 0 spiro atoms. The highest BCUT2D eigenvalue weighted by Gasteiger charge is 2.18. The fourth-order valence-electron chi connectivity index (χ4n) is 1.21. The van der Waals surface area contributed by atoms with Crippen LogP contribution in [0.3, 0.4) is 0 Å². The Morgan fingerprint density at radius 3 is 2.53 bits per heavy atom. The molecule has 0 fully saturated rings. The molecular weight excluding hydrogens is 292 g/mol. The SMILES string of the molecule is CCC(Oc1ccc(Br)c(C(=O)O)c1)C(=O)O. The zero-order valence-corrected chi connectivity index (χ0v) is 10.6. The van der Waals surface area contributed by atoms with E-state index in [0.717, 1.165) is 0 Å². The lowest BCUT2D eigenvalue weighted by Gasteiger charge is -2.13. The Hall–Kier alpha value is -1.56. The normalized spacial score (nSPS) is 11.9. The van der Waals surface area contributed by atoms with E-state index in [2.05, 4.69) is 15.9 Å². The van der Waals surface area contributed by atoms with E-state index in [-0.39, 0.29) is 11.3 Å². The van der Waals surface area contributed by atoms with E-state index in [1.807, 2.05) is 0 Å². The van der Waals surface area contributed by atoms with Crippen molar-refractivity contribution in [2.75, 3.05) is 0 Å². The van der Waals surface area contributed by atoms with Gasteiger partial charge in [0.25, 0.3) is 0 Å². The lowest BCUT2D eigenvalue weighted by atomic mass is 10.2. The highest BCUT2D eigenvalue weighted by Crippen LogP contribution is 2.23. The van der Waals surface area contributed by atoms with Crippen LogP contribution in [0.2, 0.25) is 0 Å². The first kappa shape index (κ1) is 13.5. The zero-order valence-electron chi connectivity index (χ0n) is 9.01. The molecule has 0 aromatic heterocycles. The zero-order chi connectivity index (χ0) is 13.0. The molecule has 0 bridgehead atoms. The summed E-state index contributed by atoms with van der Waals surface area (Å²) >= 11 is 3.09. The van der Waals surface area contributed by atoms with Crippen molar-refractivity contribution in [3.63, 3.8) is 0 Å². The molecular formula is C11H11BrO5. The minimum absolute atomic E-state index is 0.0303. The van der Waals surface area contributed by atoms with Crippen molar-refractivity contribution >= 4 is 27.9 Å². The van der Waals surface area contributed by atoms with E-state index in [0.29, 0.717) is 10.9 Å². The third-order valence-electron chi connectivity index (χ3n) is 2.09. The minimum atomic E-state index is -1.11. The first-order valence-electron chi connectivity index (χ1n) is 4.88. The number of benzene rings is 1. The fourth-order valence-corrected chi connectivity index (χ4v) is 1.63. The average molecular weight is 303 g/mol. The van der Waals surface area contributed by atoms with Crippen molar-refractivity contribution in [2.24, 2.45) is 0 Å². The Morgan fingerprint density at radius 1 is 1.41 bits per heavy atom. The number of ether oxygens (including phenoxy) is 1. The monoisotopic (exact) mass is 302 g/mol. The molecule has 0 aliphatic rings. The van der Waals surface area contributed by atoms with Crippen LogP contribution in [0.4, 0.5) is 0 Å². The standard InChI is InChI=1S/C11H11BrO5/c1-2-9(11(15)16)17-6-3-4-8(12)7(5-6)10(13)14/h3-5,9H,2H2,1H3,(H,13,14)(H,15,16). The Morgan fingerprint density at radius 2 is 2.06 bits per heavy atom. The number of carbonyl (C=O) groups is 2. The molecule has 1 aromatic rings. The van der Waals surface area contributed by atoms with Gasteiger partial charge in [-0.05, 0) is 40.5 Å². The van der Waals surface area contributed by atoms with Gasteiger partial charge in [-0.1, -0.05) is 6.92 Å². The molecule has 2 N–H and O–H groups in total. The van der Waals surface area contributed by atoms with E-state index >= 15 is 0 Å². The van der Waals surface area contributed by atoms with E-state index in [4.69, 9.17) is 14.9 Å². The van der Waals surface area contributed by atoms with Gasteiger partial charge >= 0.3 is 11.9 Å². The first-order chi connectivity index (χ1) is 7.95. The van der Waals surface area contributed by atoms with E-state index in [1.54, 1.807) is 6.92 Å². The molecule has 0 saturated carbocycles. The topological polar surface area (TPSA) is 83.8 Å². The van der Waals surface area contributed by atoms with Gasteiger partial charge in [-0.3, -0.25) is 0 Å². The van der Waals surface area contributed by atoms with Crippen molar-refractivity contribution in [3.05, 3.63) is 28.2 Å². The maximum atomic E-state index is 10.9. The van der Waals surface area contributed by atoms with Gasteiger partial charge in [0.05, 0.1) is 5.56 Å². The predicted molar refractivity (Wildman–Crippen MR) is 63.4 cm³/mol. The molecule has 1 unspecified atom stereocenters. The third kappa shape index (κ3) is 3.45. The van der Waals surface area contributed by atoms with E-state index in [9.17, 15) is 9.59 Å². The highest BCUT2D eigenvalue weighted by molar-refractivity contribution is 9.10. The van der Waals surface area contributed by atoms with Crippen molar-refractivity contribution in [3.8, 4) is 5.75 Å². The number of rotatable bonds is 5. The van der Waals surface area contributed by atoms with Gasteiger partial charge in [0.2, 0.25) is 0 Å². The number of carboxylic acid groups (broad SMARTS) is 2. The molecule has 1 atom stereocenters. The molecule has 0 saturated heterocycles. The summed E-state index contributed by atoms with van der Waals surface area (Å²) in [4.78, 5) is 21.6. The van der Waals surface area contributed by atoms with Crippen LogP contribution in [-0.4, -0.2) is 28.3 Å². The van der Waals surface area contributed by atoms with Gasteiger partial charge in [-0.2, -0.15) is 0 Å². The summed E-state index contributed by atoms with van der Waals surface area (Å²) in [6, 6.07) is 4.31. The van der Waals surface area contributed by atoms with Gasteiger partial charge in [0.15, 0.2) is 6.10 Å². The van der Waals surface area contributed by atoms with Gasteiger partial charge in [-0.15, -0.1) is 0 Å². The van der Waals surface area contributed by atoms with Crippen LogP contribution in [-0.2, 0) is 4.79 Å². The van der Waals surface area contributed by atoms with Crippen molar-refractivity contribution < 1.29 is 24.5 Å². The molecule has 0 heterocycles. The molecule has 0 aliphatic carbocycles. The molecule has 0 amide bonds. The second kappa shape index (κ2) is 5.67. The fraction of sp³-hybridized carbons (Fsp3) is 0.273. The van der Waals surface area contributed by atoms with Crippen LogP contribution < -0.4 is 4.74 Å². The number of hydrogen-bond acceptors (Lipinski definition) is 3. The molecule has 1 aromatic carbocycles. The Kier molecular flexibility index (Phi) is 4.51. The predicted octanol–water partition coefficient (Wildman–Crippen LogP) is 2.39. The Balaban J connectivity index is 2.96. The Labute approximate surface area is 106 Å². The van der Waals surface area contributed by atoms with Gasteiger partial charge in [-0.25, -0.2) is 9.59 Å². The van der Waals surface area contributed by atoms with Crippen LogP contribution in [0.25, 0.3) is 0 Å². The van der Waals surface area contributed by atoms with Crippen molar-refractivity contribution in [1.29, 1.82) is 0 Å². The number of halogens is 1. The summed E-state index contributed by atoms with van der Waals surface area (Å²) in [6.07, 6.45) is -0.675. The lowest BCUT2D eigenvalue weighted by molar-refractivity contribution is -0.145. The van der Waals surface area contributed by atoms with Crippen LogP contribution in [0, 0.1) is 0 Å². The smallest absolute Gasteiger partial charge is 0.344 e. The molecule has 0 aliphatic heterocycles. The summed E-state index contributed by atoms with van der Waals surface area (Å²) in [5.41, 5.74) is 0.0303. The molecule has 1 rings (SSSR count).